The molecule has 2 atom stereocenters. The molecule has 0 bridgehead atoms. The molecule has 94 valence electrons. The van der Waals surface area contributed by atoms with Crippen molar-refractivity contribution in [2.75, 3.05) is 6.61 Å². The number of halogens is 1. The van der Waals surface area contributed by atoms with Crippen molar-refractivity contribution in [2.45, 2.75) is 44.2 Å². The van der Waals surface area contributed by atoms with Crippen LogP contribution in [0.4, 0.5) is 0 Å². The second-order valence-corrected chi connectivity index (χ2v) is 5.64. The smallest absolute Gasteiger partial charge is 0.0576 e. The van der Waals surface area contributed by atoms with Gasteiger partial charge in [0.2, 0.25) is 0 Å². The monoisotopic (exact) mass is 297 g/mol. The van der Waals surface area contributed by atoms with Gasteiger partial charge in [0.05, 0.1) is 6.10 Å². The number of ether oxygens (including phenoxy) is 1. The van der Waals surface area contributed by atoms with Crippen LogP contribution < -0.4 is 5.73 Å². The van der Waals surface area contributed by atoms with Crippen LogP contribution in [0.25, 0.3) is 0 Å². The highest BCUT2D eigenvalue weighted by Crippen LogP contribution is 2.23. The van der Waals surface area contributed by atoms with Crippen LogP contribution in [-0.2, 0) is 4.74 Å². The molecule has 2 N–H and O–H groups in total. The average molecular weight is 298 g/mol. The highest BCUT2D eigenvalue weighted by atomic mass is 79.9. The summed E-state index contributed by atoms with van der Waals surface area (Å²) in [6.07, 6.45) is 6.29. The van der Waals surface area contributed by atoms with E-state index in [4.69, 9.17) is 10.5 Å². The van der Waals surface area contributed by atoms with E-state index in [1.54, 1.807) is 0 Å². The van der Waals surface area contributed by atoms with Gasteiger partial charge in [0.15, 0.2) is 0 Å². The van der Waals surface area contributed by atoms with Gasteiger partial charge >= 0.3 is 0 Å². The molecule has 3 heteroatoms. The molecule has 1 aromatic rings. The van der Waals surface area contributed by atoms with Gasteiger partial charge in [-0.15, -0.1) is 0 Å². The Bertz CT molecular complexity index is 350. The lowest BCUT2D eigenvalue weighted by Gasteiger charge is -2.14. The van der Waals surface area contributed by atoms with Crippen molar-refractivity contribution in [1.29, 1.82) is 0 Å². The molecule has 0 saturated carbocycles. The Morgan fingerprint density at radius 1 is 1.47 bits per heavy atom. The number of hydrogen-bond donors (Lipinski definition) is 1. The second-order valence-electron chi connectivity index (χ2n) is 4.73. The summed E-state index contributed by atoms with van der Waals surface area (Å²) in [7, 11) is 0. The molecular formula is C14H20BrNO. The minimum Gasteiger partial charge on any atom is -0.378 e. The highest BCUT2D eigenvalue weighted by Gasteiger charge is 2.15. The SMILES string of the molecule is NC(CCCC1CCCO1)c1cccc(Br)c1. The van der Waals surface area contributed by atoms with E-state index in [-0.39, 0.29) is 6.04 Å². The minimum absolute atomic E-state index is 0.147. The number of nitrogens with two attached hydrogens (primary N) is 1. The third-order valence-electron chi connectivity index (χ3n) is 3.34. The van der Waals surface area contributed by atoms with Gasteiger partial charge in [-0.2, -0.15) is 0 Å². The van der Waals surface area contributed by atoms with E-state index in [1.807, 2.05) is 12.1 Å². The van der Waals surface area contributed by atoms with Crippen LogP contribution in [0.3, 0.4) is 0 Å². The van der Waals surface area contributed by atoms with Crippen molar-refractivity contribution < 1.29 is 4.74 Å². The molecule has 0 aromatic heterocycles. The van der Waals surface area contributed by atoms with Crippen molar-refractivity contribution in [1.82, 2.24) is 0 Å². The number of hydrogen-bond acceptors (Lipinski definition) is 2. The average Bonchev–Trinajstić information content (AvgIpc) is 2.82. The van der Waals surface area contributed by atoms with Crippen molar-refractivity contribution in [3.63, 3.8) is 0 Å². The lowest BCUT2D eigenvalue weighted by Crippen LogP contribution is -2.12. The van der Waals surface area contributed by atoms with Crippen molar-refractivity contribution >= 4 is 15.9 Å². The Balaban J connectivity index is 1.74. The third kappa shape index (κ3) is 4.09. The molecule has 17 heavy (non-hydrogen) atoms. The molecule has 0 radical (unpaired) electrons. The summed E-state index contributed by atoms with van der Waals surface area (Å²) in [5.41, 5.74) is 7.40. The van der Waals surface area contributed by atoms with Crippen LogP contribution in [0.1, 0.15) is 43.7 Å². The Morgan fingerprint density at radius 3 is 3.06 bits per heavy atom. The Kier molecular flexibility index (Phi) is 5.01. The molecule has 1 aliphatic rings. The Hall–Kier alpha value is -0.380. The molecule has 0 spiro atoms. The standard InChI is InChI=1S/C14H20BrNO/c15-12-5-1-4-11(10-12)14(16)8-2-6-13-7-3-9-17-13/h1,4-5,10,13-14H,2-3,6-9,16H2. The van der Waals surface area contributed by atoms with Crippen LogP contribution in [0.15, 0.2) is 28.7 Å². The first-order valence-corrected chi connectivity index (χ1v) is 7.17. The molecule has 1 heterocycles. The lowest BCUT2D eigenvalue weighted by atomic mass is 10.0. The molecule has 2 rings (SSSR count). The highest BCUT2D eigenvalue weighted by molar-refractivity contribution is 9.10. The largest absolute Gasteiger partial charge is 0.378 e. The maximum absolute atomic E-state index is 6.19. The quantitative estimate of drug-likeness (QED) is 0.897. The van der Waals surface area contributed by atoms with Crippen LogP contribution in [0.2, 0.25) is 0 Å². The fraction of sp³-hybridized carbons (Fsp3) is 0.571. The maximum atomic E-state index is 6.19. The van der Waals surface area contributed by atoms with Gasteiger partial charge in [0.25, 0.3) is 0 Å². The lowest BCUT2D eigenvalue weighted by molar-refractivity contribution is 0.101. The summed E-state index contributed by atoms with van der Waals surface area (Å²) in [4.78, 5) is 0. The molecular weight excluding hydrogens is 278 g/mol. The molecule has 1 aliphatic heterocycles. The number of rotatable bonds is 5. The topological polar surface area (TPSA) is 35.2 Å². The van der Waals surface area contributed by atoms with E-state index in [1.165, 1.54) is 18.4 Å². The van der Waals surface area contributed by atoms with Crippen molar-refractivity contribution in [3.8, 4) is 0 Å². The zero-order chi connectivity index (χ0) is 12.1. The predicted molar refractivity (Wildman–Crippen MR) is 73.9 cm³/mol. The van der Waals surface area contributed by atoms with Gasteiger partial charge in [-0.1, -0.05) is 28.1 Å². The van der Waals surface area contributed by atoms with Gasteiger partial charge in [-0.05, 0) is 49.8 Å². The summed E-state index contributed by atoms with van der Waals surface area (Å²) in [6, 6.07) is 8.43. The van der Waals surface area contributed by atoms with Gasteiger partial charge in [0, 0.05) is 17.1 Å². The van der Waals surface area contributed by atoms with Crippen LogP contribution in [0, 0.1) is 0 Å². The molecule has 1 saturated heterocycles. The van der Waals surface area contributed by atoms with Crippen molar-refractivity contribution in [3.05, 3.63) is 34.3 Å². The van der Waals surface area contributed by atoms with Gasteiger partial charge in [-0.3, -0.25) is 0 Å². The zero-order valence-corrected chi connectivity index (χ0v) is 11.7. The fourth-order valence-corrected chi connectivity index (χ4v) is 2.76. The van der Waals surface area contributed by atoms with Crippen LogP contribution in [0.5, 0.6) is 0 Å². The van der Waals surface area contributed by atoms with Gasteiger partial charge < -0.3 is 10.5 Å². The zero-order valence-electron chi connectivity index (χ0n) is 10.1. The van der Waals surface area contributed by atoms with E-state index in [9.17, 15) is 0 Å². The molecule has 0 aliphatic carbocycles. The molecule has 2 nitrogen and oxygen atoms in total. The molecule has 0 amide bonds. The molecule has 2 unspecified atom stereocenters. The fourth-order valence-electron chi connectivity index (χ4n) is 2.34. The molecule has 1 fully saturated rings. The maximum Gasteiger partial charge on any atom is 0.0576 e. The third-order valence-corrected chi connectivity index (χ3v) is 3.84. The van der Waals surface area contributed by atoms with E-state index in [2.05, 4.69) is 28.1 Å². The van der Waals surface area contributed by atoms with Crippen LogP contribution >= 0.6 is 15.9 Å². The number of benzene rings is 1. The first-order chi connectivity index (χ1) is 8.25. The first kappa shape index (κ1) is 13.1. The summed E-state index contributed by atoms with van der Waals surface area (Å²) < 4.78 is 6.71. The van der Waals surface area contributed by atoms with E-state index < -0.39 is 0 Å². The van der Waals surface area contributed by atoms with E-state index in [0.29, 0.717) is 6.10 Å². The molecule has 1 aromatic carbocycles. The Labute approximate surface area is 112 Å². The predicted octanol–water partition coefficient (Wildman–Crippen LogP) is 3.80. The summed E-state index contributed by atoms with van der Waals surface area (Å²) in [5, 5.41) is 0. The summed E-state index contributed by atoms with van der Waals surface area (Å²) in [6.45, 7) is 0.947. The van der Waals surface area contributed by atoms with Gasteiger partial charge in [-0.25, -0.2) is 0 Å². The summed E-state index contributed by atoms with van der Waals surface area (Å²) in [5.74, 6) is 0. The summed E-state index contributed by atoms with van der Waals surface area (Å²) >= 11 is 3.48. The van der Waals surface area contributed by atoms with Crippen molar-refractivity contribution in [2.24, 2.45) is 5.73 Å². The van der Waals surface area contributed by atoms with Crippen LogP contribution in [-0.4, -0.2) is 12.7 Å². The normalized spacial score (nSPS) is 21.6. The first-order valence-electron chi connectivity index (χ1n) is 6.38. The second kappa shape index (κ2) is 6.53. The van der Waals surface area contributed by atoms with E-state index in [0.717, 1.165) is 30.3 Å². The van der Waals surface area contributed by atoms with E-state index >= 15 is 0 Å². The van der Waals surface area contributed by atoms with Gasteiger partial charge in [0.1, 0.15) is 0 Å². The Morgan fingerprint density at radius 2 is 2.35 bits per heavy atom. The minimum atomic E-state index is 0.147.